The summed E-state index contributed by atoms with van der Waals surface area (Å²) in [5.41, 5.74) is 0.975. The van der Waals surface area contributed by atoms with E-state index in [1.54, 1.807) is 25.2 Å². The fraction of sp³-hybridized carbons (Fsp3) is 0.316. The molecule has 9 heteroatoms. The van der Waals surface area contributed by atoms with Crippen LogP contribution in [-0.2, 0) is 16.6 Å². The Bertz CT molecular complexity index is 1010. The van der Waals surface area contributed by atoms with Crippen molar-refractivity contribution in [2.24, 2.45) is 0 Å². The van der Waals surface area contributed by atoms with E-state index in [4.69, 9.17) is 27.9 Å². The second kappa shape index (κ2) is 8.29. The van der Waals surface area contributed by atoms with Crippen LogP contribution in [0.5, 0.6) is 5.75 Å². The highest BCUT2D eigenvalue weighted by Gasteiger charge is 2.30. The number of halogens is 2. The summed E-state index contributed by atoms with van der Waals surface area (Å²) < 4.78 is 33.0. The number of ether oxygens (including phenoxy) is 1. The smallest absolute Gasteiger partial charge is 0.253 e. The molecular weight excluding hydrogens is 423 g/mol. The van der Waals surface area contributed by atoms with Crippen molar-refractivity contribution in [2.75, 3.05) is 14.2 Å². The molecule has 1 amide bonds. The van der Waals surface area contributed by atoms with Gasteiger partial charge in [-0.25, -0.2) is 13.1 Å². The molecule has 150 valence electrons. The number of hydrogen-bond donors (Lipinski definition) is 1. The van der Waals surface area contributed by atoms with E-state index in [1.807, 2.05) is 0 Å². The third kappa shape index (κ3) is 4.78. The second-order valence-corrected chi connectivity index (χ2v) is 9.18. The van der Waals surface area contributed by atoms with Crippen molar-refractivity contribution in [3.8, 4) is 5.75 Å². The zero-order valence-electron chi connectivity index (χ0n) is 15.4. The molecule has 2 aromatic carbocycles. The molecule has 0 saturated heterocycles. The molecule has 1 saturated carbocycles. The monoisotopic (exact) mass is 442 g/mol. The van der Waals surface area contributed by atoms with Gasteiger partial charge in [-0.05, 0) is 48.7 Å². The Balaban J connectivity index is 1.85. The van der Waals surface area contributed by atoms with Crippen LogP contribution in [0.4, 0.5) is 0 Å². The van der Waals surface area contributed by atoms with Gasteiger partial charge in [0.1, 0.15) is 10.6 Å². The fourth-order valence-corrected chi connectivity index (χ4v) is 4.67. The Kier molecular flexibility index (Phi) is 6.19. The second-order valence-electron chi connectivity index (χ2n) is 6.66. The maximum Gasteiger partial charge on any atom is 0.253 e. The predicted molar refractivity (Wildman–Crippen MR) is 109 cm³/mol. The van der Waals surface area contributed by atoms with Gasteiger partial charge in [-0.1, -0.05) is 29.3 Å². The lowest BCUT2D eigenvalue weighted by molar-refractivity contribution is 0.0785. The molecule has 1 aliphatic carbocycles. The lowest BCUT2D eigenvalue weighted by Gasteiger charge is -2.19. The van der Waals surface area contributed by atoms with E-state index < -0.39 is 10.0 Å². The normalized spacial score (nSPS) is 14.0. The molecule has 0 unspecified atom stereocenters. The quantitative estimate of drug-likeness (QED) is 0.708. The molecule has 2 aromatic rings. The Morgan fingerprint density at radius 2 is 1.93 bits per heavy atom. The molecule has 1 aliphatic rings. The highest BCUT2D eigenvalue weighted by molar-refractivity contribution is 7.89. The van der Waals surface area contributed by atoms with Gasteiger partial charge in [0.2, 0.25) is 10.0 Å². The molecule has 0 spiro atoms. The first-order valence-electron chi connectivity index (χ1n) is 8.61. The zero-order chi connectivity index (χ0) is 20.5. The summed E-state index contributed by atoms with van der Waals surface area (Å²) >= 11 is 12.1. The van der Waals surface area contributed by atoms with Gasteiger partial charge in [-0.15, -0.1) is 0 Å². The van der Waals surface area contributed by atoms with Crippen molar-refractivity contribution in [3.63, 3.8) is 0 Å². The van der Waals surface area contributed by atoms with E-state index >= 15 is 0 Å². The molecule has 6 nitrogen and oxygen atoms in total. The van der Waals surface area contributed by atoms with Crippen LogP contribution in [0.3, 0.4) is 0 Å². The Morgan fingerprint density at radius 1 is 1.21 bits per heavy atom. The molecule has 1 fully saturated rings. The highest BCUT2D eigenvalue weighted by Crippen LogP contribution is 2.29. The first kappa shape index (κ1) is 20.9. The number of carbonyl (C=O) groups is 1. The molecule has 28 heavy (non-hydrogen) atoms. The first-order valence-corrected chi connectivity index (χ1v) is 10.8. The average Bonchev–Trinajstić information content (AvgIpc) is 3.46. The highest BCUT2D eigenvalue weighted by atomic mass is 35.5. The summed E-state index contributed by atoms with van der Waals surface area (Å²) in [5.74, 6) is -0.148. The zero-order valence-corrected chi connectivity index (χ0v) is 17.7. The predicted octanol–water partition coefficient (Wildman–Crippen LogP) is 3.71. The topological polar surface area (TPSA) is 75.7 Å². The van der Waals surface area contributed by atoms with E-state index in [-0.39, 0.29) is 34.7 Å². The number of benzene rings is 2. The van der Waals surface area contributed by atoms with Gasteiger partial charge in [0.05, 0.1) is 7.11 Å². The summed E-state index contributed by atoms with van der Waals surface area (Å²) in [6.07, 6.45) is 1.62. The SMILES string of the molecule is COc1ccc(C(=O)N(C)Cc2ccc(Cl)cc2Cl)cc1S(=O)(=O)NC1CC1. The van der Waals surface area contributed by atoms with Gasteiger partial charge in [-0.2, -0.15) is 0 Å². The summed E-state index contributed by atoms with van der Waals surface area (Å²) in [4.78, 5) is 14.3. The fourth-order valence-electron chi connectivity index (χ4n) is 2.70. The van der Waals surface area contributed by atoms with Crippen LogP contribution in [0.25, 0.3) is 0 Å². The number of nitrogens with one attached hydrogen (secondary N) is 1. The van der Waals surface area contributed by atoms with E-state index in [9.17, 15) is 13.2 Å². The van der Waals surface area contributed by atoms with E-state index in [2.05, 4.69) is 4.72 Å². The van der Waals surface area contributed by atoms with Crippen LogP contribution >= 0.6 is 23.2 Å². The molecule has 0 aromatic heterocycles. The average molecular weight is 443 g/mol. The molecule has 1 N–H and O–H groups in total. The number of hydrogen-bond acceptors (Lipinski definition) is 4. The lowest BCUT2D eigenvalue weighted by Crippen LogP contribution is -2.28. The van der Waals surface area contributed by atoms with Gasteiger partial charge in [0, 0.05) is 35.2 Å². The minimum atomic E-state index is -3.77. The molecule has 3 rings (SSSR count). The van der Waals surface area contributed by atoms with Crippen molar-refractivity contribution < 1.29 is 17.9 Å². The number of sulfonamides is 1. The minimum Gasteiger partial charge on any atom is -0.495 e. The Labute approximate surface area is 174 Å². The molecule has 0 heterocycles. The van der Waals surface area contributed by atoms with Gasteiger partial charge in [0.15, 0.2) is 0 Å². The van der Waals surface area contributed by atoms with Gasteiger partial charge >= 0.3 is 0 Å². The summed E-state index contributed by atoms with van der Waals surface area (Å²) in [5, 5.41) is 0.967. The number of rotatable bonds is 7. The van der Waals surface area contributed by atoms with Crippen LogP contribution in [0.2, 0.25) is 10.0 Å². The van der Waals surface area contributed by atoms with Crippen LogP contribution in [0, 0.1) is 0 Å². The standard InChI is InChI=1S/C19H20Cl2N2O4S/c1-23(11-13-3-5-14(20)10-16(13)21)19(24)12-4-8-17(27-2)18(9-12)28(25,26)22-15-6-7-15/h3-5,8-10,15,22H,6-7,11H2,1-2H3. The molecule has 0 bridgehead atoms. The molecule has 0 radical (unpaired) electrons. The van der Waals surface area contributed by atoms with Crippen LogP contribution < -0.4 is 9.46 Å². The minimum absolute atomic E-state index is 0.0503. The van der Waals surface area contributed by atoms with Crippen LogP contribution in [0.1, 0.15) is 28.8 Å². The first-order chi connectivity index (χ1) is 13.2. The maximum atomic E-state index is 12.8. The van der Waals surface area contributed by atoms with Gasteiger partial charge in [-0.3, -0.25) is 4.79 Å². The third-order valence-corrected chi connectivity index (χ3v) is 6.50. The van der Waals surface area contributed by atoms with E-state index in [0.29, 0.717) is 10.0 Å². The largest absolute Gasteiger partial charge is 0.495 e. The van der Waals surface area contributed by atoms with Crippen molar-refractivity contribution in [3.05, 3.63) is 57.6 Å². The molecule has 0 atom stereocenters. The van der Waals surface area contributed by atoms with Gasteiger partial charge < -0.3 is 9.64 Å². The Morgan fingerprint density at radius 3 is 2.54 bits per heavy atom. The lowest BCUT2D eigenvalue weighted by atomic mass is 10.1. The number of nitrogens with zero attached hydrogens (tertiary/aromatic N) is 1. The van der Waals surface area contributed by atoms with Crippen molar-refractivity contribution >= 4 is 39.1 Å². The van der Waals surface area contributed by atoms with Crippen molar-refractivity contribution in [2.45, 2.75) is 30.3 Å². The van der Waals surface area contributed by atoms with Crippen LogP contribution in [0.15, 0.2) is 41.3 Å². The van der Waals surface area contributed by atoms with Crippen molar-refractivity contribution in [1.82, 2.24) is 9.62 Å². The summed E-state index contributed by atoms with van der Waals surface area (Å²) in [6.45, 7) is 0.253. The number of methoxy groups -OCH3 is 1. The van der Waals surface area contributed by atoms with Gasteiger partial charge in [0.25, 0.3) is 5.91 Å². The molecular formula is C19H20Cl2N2O4S. The molecule has 0 aliphatic heterocycles. The summed E-state index contributed by atoms with van der Waals surface area (Å²) in [6, 6.07) is 9.36. The van der Waals surface area contributed by atoms with Crippen molar-refractivity contribution in [1.29, 1.82) is 0 Å². The number of carbonyl (C=O) groups excluding carboxylic acids is 1. The summed E-state index contributed by atoms with van der Waals surface area (Å²) in [7, 11) is -0.764. The third-order valence-electron chi connectivity index (χ3n) is 4.37. The van der Waals surface area contributed by atoms with E-state index in [0.717, 1.165) is 18.4 Å². The number of amides is 1. The Hall–Kier alpha value is -1.80. The van der Waals surface area contributed by atoms with E-state index in [1.165, 1.54) is 30.2 Å². The maximum absolute atomic E-state index is 12.8. The van der Waals surface area contributed by atoms with Crippen LogP contribution in [-0.4, -0.2) is 39.4 Å².